The fraction of sp³-hybridized carbons (Fsp3) is 0.484. The van der Waals surface area contributed by atoms with Crippen molar-refractivity contribution in [2.75, 3.05) is 20.2 Å². The molecule has 2 rings (SSSR count). The average Bonchev–Trinajstić information content (AvgIpc) is 2.87. The molecule has 2 aromatic rings. The van der Waals surface area contributed by atoms with E-state index in [4.69, 9.17) is 9.47 Å². The monoisotopic (exact) mass is 553 g/mol. The molecule has 9 heteroatoms. The zero-order valence-corrected chi connectivity index (χ0v) is 24.7. The van der Waals surface area contributed by atoms with Crippen LogP contribution in [0.25, 0.3) is 0 Å². The van der Waals surface area contributed by atoms with Crippen LogP contribution in [-0.4, -0.2) is 66.5 Å². The van der Waals surface area contributed by atoms with Crippen LogP contribution in [0.2, 0.25) is 0 Å². The minimum Gasteiger partial charge on any atom is -0.465 e. The standard InChI is InChI=1S/C31H43N3O6/c1-8-39-27(35)20-34(7)26(18-21(2)3)29(37)32-25(28(36)33-31(4,5)6)19-22-14-16-24(17-15-22)40-30(38)23-12-10-9-11-13-23/h9-17,21,25-26H,8,18-20H2,1-7H3,(H,32,37)(H,33,36)/t25-,26-/m0/s1. The van der Waals surface area contributed by atoms with Gasteiger partial charge in [0.2, 0.25) is 11.8 Å². The third kappa shape index (κ3) is 11.2. The third-order valence-corrected chi connectivity index (χ3v) is 5.93. The van der Waals surface area contributed by atoms with E-state index in [0.29, 0.717) is 17.7 Å². The van der Waals surface area contributed by atoms with E-state index in [-0.39, 0.29) is 37.3 Å². The topological polar surface area (TPSA) is 114 Å². The molecule has 0 aliphatic rings. The van der Waals surface area contributed by atoms with Gasteiger partial charge >= 0.3 is 11.9 Å². The van der Waals surface area contributed by atoms with E-state index in [1.807, 2.05) is 40.7 Å². The molecular weight excluding hydrogens is 510 g/mol. The molecular formula is C31H43N3O6. The molecule has 218 valence electrons. The fourth-order valence-corrected chi connectivity index (χ4v) is 4.06. The van der Waals surface area contributed by atoms with Crippen LogP contribution in [0.4, 0.5) is 0 Å². The van der Waals surface area contributed by atoms with Gasteiger partial charge in [0.05, 0.1) is 24.8 Å². The molecule has 0 saturated carbocycles. The second-order valence-corrected chi connectivity index (χ2v) is 11.3. The Balaban J connectivity index is 2.20. The smallest absolute Gasteiger partial charge is 0.343 e. The number of hydrogen-bond donors (Lipinski definition) is 2. The Morgan fingerprint density at radius 1 is 0.925 bits per heavy atom. The molecule has 0 bridgehead atoms. The molecule has 0 spiro atoms. The number of carbonyl (C=O) groups excluding carboxylic acids is 4. The Bertz CT molecular complexity index is 1130. The van der Waals surface area contributed by atoms with Crippen LogP contribution in [0, 0.1) is 5.92 Å². The summed E-state index contributed by atoms with van der Waals surface area (Å²) in [6, 6.07) is 14.0. The highest BCUT2D eigenvalue weighted by molar-refractivity contribution is 5.91. The predicted molar refractivity (Wildman–Crippen MR) is 154 cm³/mol. The number of esters is 2. The van der Waals surface area contributed by atoms with Crippen molar-refractivity contribution < 1.29 is 28.7 Å². The van der Waals surface area contributed by atoms with Gasteiger partial charge in [0.25, 0.3) is 0 Å². The van der Waals surface area contributed by atoms with Gasteiger partial charge in [0.1, 0.15) is 11.8 Å². The van der Waals surface area contributed by atoms with Crippen molar-refractivity contribution >= 4 is 23.8 Å². The molecule has 2 amide bonds. The first kappa shape index (κ1) is 32.5. The van der Waals surface area contributed by atoms with E-state index < -0.39 is 29.6 Å². The Hall–Kier alpha value is -3.72. The van der Waals surface area contributed by atoms with Crippen LogP contribution in [0.5, 0.6) is 5.75 Å². The van der Waals surface area contributed by atoms with Gasteiger partial charge in [-0.25, -0.2) is 4.79 Å². The molecule has 2 aromatic carbocycles. The highest BCUT2D eigenvalue weighted by Gasteiger charge is 2.31. The summed E-state index contributed by atoms with van der Waals surface area (Å²) in [5.74, 6) is -1.00. The van der Waals surface area contributed by atoms with Crippen molar-refractivity contribution in [1.82, 2.24) is 15.5 Å². The van der Waals surface area contributed by atoms with Crippen molar-refractivity contribution in [3.63, 3.8) is 0 Å². The Labute approximate surface area is 237 Å². The van der Waals surface area contributed by atoms with Crippen LogP contribution >= 0.6 is 0 Å². The van der Waals surface area contributed by atoms with Gasteiger partial charge in [0, 0.05) is 12.0 Å². The SMILES string of the molecule is CCOC(=O)CN(C)[C@@H](CC(C)C)C(=O)N[C@@H](Cc1ccc(OC(=O)c2ccccc2)cc1)C(=O)NC(C)(C)C. The number of ether oxygens (including phenoxy) is 2. The van der Waals surface area contributed by atoms with Gasteiger partial charge in [0.15, 0.2) is 0 Å². The second-order valence-electron chi connectivity index (χ2n) is 11.3. The number of nitrogens with one attached hydrogen (secondary N) is 2. The summed E-state index contributed by atoms with van der Waals surface area (Å²) in [5, 5.41) is 5.87. The number of likely N-dealkylation sites (N-methyl/N-ethyl adjacent to an activating group) is 1. The lowest BCUT2D eigenvalue weighted by atomic mass is 9.99. The highest BCUT2D eigenvalue weighted by Crippen LogP contribution is 2.17. The van der Waals surface area contributed by atoms with E-state index in [2.05, 4.69) is 10.6 Å². The number of benzene rings is 2. The van der Waals surface area contributed by atoms with Crippen LogP contribution in [0.1, 0.15) is 63.9 Å². The van der Waals surface area contributed by atoms with E-state index >= 15 is 0 Å². The molecule has 0 radical (unpaired) electrons. The minimum atomic E-state index is -0.866. The summed E-state index contributed by atoms with van der Waals surface area (Å²) in [7, 11) is 1.70. The largest absolute Gasteiger partial charge is 0.465 e. The van der Waals surface area contributed by atoms with Crippen molar-refractivity contribution in [2.45, 2.75) is 72.0 Å². The molecule has 0 aromatic heterocycles. The summed E-state index contributed by atoms with van der Waals surface area (Å²) in [4.78, 5) is 52.9. The van der Waals surface area contributed by atoms with Crippen molar-refractivity contribution in [3.05, 3.63) is 65.7 Å². The van der Waals surface area contributed by atoms with Crippen LogP contribution in [0.3, 0.4) is 0 Å². The highest BCUT2D eigenvalue weighted by atomic mass is 16.5. The first-order valence-corrected chi connectivity index (χ1v) is 13.6. The maximum Gasteiger partial charge on any atom is 0.343 e. The molecule has 2 N–H and O–H groups in total. The quantitative estimate of drug-likeness (QED) is 0.287. The number of carbonyl (C=O) groups is 4. The lowest BCUT2D eigenvalue weighted by Crippen LogP contribution is -2.57. The van der Waals surface area contributed by atoms with Crippen LogP contribution < -0.4 is 15.4 Å². The zero-order chi connectivity index (χ0) is 29.9. The first-order chi connectivity index (χ1) is 18.8. The third-order valence-electron chi connectivity index (χ3n) is 5.93. The Morgan fingerprint density at radius 3 is 2.10 bits per heavy atom. The van der Waals surface area contributed by atoms with Gasteiger partial charge in [-0.1, -0.05) is 44.2 Å². The molecule has 0 saturated heterocycles. The molecule has 40 heavy (non-hydrogen) atoms. The first-order valence-electron chi connectivity index (χ1n) is 13.6. The summed E-state index contributed by atoms with van der Waals surface area (Å²) >= 11 is 0. The van der Waals surface area contributed by atoms with Crippen molar-refractivity contribution in [2.24, 2.45) is 5.92 Å². The maximum absolute atomic E-state index is 13.5. The normalized spacial score (nSPS) is 12.9. The molecule has 2 atom stereocenters. The molecule has 0 aliphatic carbocycles. The summed E-state index contributed by atoms with van der Waals surface area (Å²) in [6.07, 6.45) is 0.716. The molecule has 9 nitrogen and oxygen atoms in total. The second kappa shape index (κ2) is 15.2. The number of hydrogen-bond acceptors (Lipinski definition) is 7. The Morgan fingerprint density at radius 2 is 1.55 bits per heavy atom. The van der Waals surface area contributed by atoms with Crippen molar-refractivity contribution in [3.8, 4) is 5.75 Å². The zero-order valence-electron chi connectivity index (χ0n) is 24.7. The van der Waals surface area contributed by atoms with E-state index in [1.54, 1.807) is 67.4 Å². The van der Waals surface area contributed by atoms with Crippen LogP contribution in [-0.2, 0) is 25.5 Å². The van der Waals surface area contributed by atoms with Gasteiger partial charge in [-0.3, -0.25) is 19.3 Å². The van der Waals surface area contributed by atoms with E-state index in [1.165, 1.54) is 0 Å². The molecule has 0 heterocycles. The molecule has 0 aliphatic heterocycles. The van der Waals surface area contributed by atoms with Gasteiger partial charge in [-0.05, 0) is 76.9 Å². The summed E-state index contributed by atoms with van der Waals surface area (Å²) in [6.45, 7) is 11.5. The van der Waals surface area contributed by atoms with E-state index in [9.17, 15) is 19.2 Å². The van der Waals surface area contributed by atoms with Gasteiger partial charge < -0.3 is 20.1 Å². The minimum absolute atomic E-state index is 0.0410. The number of nitrogens with zero attached hydrogens (tertiary/aromatic N) is 1. The van der Waals surface area contributed by atoms with E-state index in [0.717, 1.165) is 5.56 Å². The Kier molecular flexibility index (Phi) is 12.3. The summed E-state index contributed by atoms with van der Waals surface area (Å²) in [5.41, 5.74) is 0.708. The number of rotatable bonds is 13. The average molecular weight is 554 g/mol. The number of amides is 2. The predicted octanol–water partition coefficient (Wildman–Crippen LogP) is 3.76. The molecule has 0 fully saturated rings. The molecule has 0 unspecified atom stereocenters. The van der Waals surface area contributed by atoms with Crippen LogP contribution in [0.15, 0.2) is 54.6 Å². The van der Waals surface area contributed by atoms with Gasteiger partial charge in [-0.2, -0.15) is 0 Å². The van der Waals surface area contributed by atoms with Crippen molar-refractivity contribution in [1.29, 1.82) is 0 Å². The lowest BCUT2D eigenvalue weighted by Gasteiger charge is -2.30. The lowest BCUT2D eigenvalue weighted by molar-refractivity contribution is -0.145. The maximum atomic E-state index is 13.5. The van der Waals surface area contributed by atoms with Gasteiger partial charge in [-0.15, -0.1) is 0 Å². The summed E-state index contributed by atoms with van der Waals surface area (Å²) < 4.78 is 10.5. The fourth-order valence-electron chi connectivity index (χ4n) is 4.06.